The number of hydrogen-bond acceptors (Lipinski definition) is 2. The van der Waals surface area contributed by atoms with E-state index in [9.17, 15) is 0 Å². The van der Waals surface area contributed by atoms with E-state index < -0.39 is 0 Å². The summed E-state index contributed by atoms with van der Waals surface area (Å²) in [5.41, 5.74) is 3.28. The van der Waals surface area contributed by atoms with Crippen LogP contribution in [0.25, 0.3) is 0 Å². The van der Waals surface area contributed by atoms with Crippen LogP contribution in [0, 0.1) is 0 Å². The first-order valence-corrected chi connectivity index (χ1v) is 5.21. The van der Waals surface area contributed by atoms with Crippen molar-refractivity contribution < 1.29 is 5.11 Å². The number of hydrogen-bond donors (Lipinski definition) is 2. The van der Waals surface area contributed by atoms with Crippen LogP contribution in [0.2, 0.25) is 0 Å². The molecule has 0 fully saturated rings. The highest BCUT2D eigenvalue weighted by Gasteiger charge is 2.04. The third kappa shape index (κ3) is 3.86. The highest BCUT2D eigenvalue weighted by Crippen LogP contribution is 2.14. The Labute approximate surface area is 91.6 Å². The summed E-state index contributed by atoms with van der Waals surface area (Å²) in [4.78, 5) is 0. The molecule has 0 radical (unpaired) electrons. The lowest BCUT2D eigenvalue weighted by Crippen LogP contribution is -2.20. The fourth-order valence-corrected chi connectivity index (χ4v) is 1.41. The first kappa shape index (κ1) is 12.0. The maximum atomic E-state index is 9.03. The Bertz CT molecular complexity index is 333. The molecule has 0 unspecified atom stereocenters. The van der Waals surface area contributed by atoms with Crippen LogP contribution in [0.1, 0.15) is 31.0 Å². The molecule has 1 aromatic rings. The molecule has 0 aromatic heterocycles. The average molecular weight is 205 g/mol. The molecule has 0 bridgehead atoms. The van der Waals surface area contributed by atoms with Gasteiger partial charge in [-0.2, -0.15) is 0 Å². The molecule has 0 heterocycles. The third-order valence-electron chi connectivity index (χ3n) is 2.34. The summed E-state index contributed by atoms with van der Waals surface area (Å²) >= 11 is 0. The standard InChI is InChI=1S/C13H19NO/c1-10(2)8-14-11(3)13-6-4-5-12(7-13)9-15/h4-7,11,14-15H,1,8-9H2,2-3H3/t11-/m0/s1. The number of aliphatic hydroxyl groups is 1. The van der Waals surface area contributed by atoms with Gasteiger partial charge in [0, 0.05) is 12.6 Å². The maximum absolute atomic E-state index is 9.03. The van der Waals surface area contributed by atoms with Crippen molar-refractivity contribution in [1.29, 1.82) is 0 Å². The zero-order valence-electron chi connectivity index (χ0n) is 9.46. The molecule has 2 nitrogen and oxygen atoms in total. The van der Waals surface area contributed by atoms with Crippen LogP contribution in [-0.2, 0) is 6.61 Å². The molecule has 2 N–H and O–H groups in total. The van der Waals surface area contributed by atoms with Gasteiger partial charge in [-0.1, -0.05) is 36.4 Å². The van der Waals surface area contributed by atoms with E-state index in [1.54, 1.807) is 0 Å². The second-order valence-corrected chi connectivity index (χ2v) is 3.96. The van der Waals surface area contributed by atoms with Gasteiger partial charge in [-0.25, -0.2) is 0 Å². The molecule has 1 atom stereocenters. The number of rotatable bonds is 5. The van der Waals surface area contributed by atoms with E-state index in [0.29, 0.717) is 0 Å². The monoisotopic (exact) mass is 205 g/mol. The third-order valence-corrected chi connectivity index (χ3v) is 2.34. The van der Waals surface area contributed by atoms with Crippen molar-refractivity contribution in [1.82, 2.24) is 5.32 Å². The summed E-state index contributed by atoms with van der Waals surface area (Å²) in [6.45, 7) is 8.89. The molecule has 0 aliphatic carbocycles. The lowest BCUT2D eigenvalue weighted by molar-refractivity contribution is 0.281. The maximum Gasteiger partial charge on any atom is 0.0681 e. The van der Waals surface area contributed by atoms with Gasteiger partial charge in [0.25, 0.3) is 0 Å². The van der Waals surface area contributed by atoms with Gasteiger partial charge >= 0.3 is 0 Å². The Hall–Kier alpha value is -1.12. The second-order valence-electron chi connectivity index (χ2n) is 3.96. The quantitative estimate of drug-likeness (QED) is 0.723. The molecule has 0 aliphatic heterocycles. The lowest BCUT2D eigenvalue weighted by Gasteiger charge is -2.14. The van der Waals surface area contributed by atoms with E-state index in [1.807, 2.05) is 25.1 Å². The summed E-state index contributed by atoms with van der Waals surface area (Å²) < 4.78 is 0. The summed E-state index contributed by atoms with van der Waals surface area (Å²) in [7, 11) is 0. The molecule has 0 saturated carbocycles. The predicted octanol–water partition coefficient (Wildman–Crippen LogP) is 2.41. The van der Waals surface area contributed by atoms with Crippen LogP contribution < -0.4 is 5.32 Å². The average Bonchev–Trinajstić information content (AvgIpc) is 2.26. The first-order valence-electron chi connectivity index (χ1n) is 5.21. The molecule has 1 aromatic carbocycles. The summed E-state index contributed by atoms with van der Waals surface area (Å²) in [6, 6.07) is 8.27. The van der Waals surface area contributed by atoms with Crippen LogP contribution in [0.4, 0.5) is 0 Å². The summed E-state index contributed by atoms with van der Waals surface area (Å²) in [5.74, 6) is 0. The predicted molar refractivity (Wildman–Crippen MR) is 63.6 cm³/mol. The molecule has 15 heavy (non-hydrogen) atoms. The molecule has 0 spiro atoms. The largest absolute Gasteiger partial charge is 0.392 e. The molecule has 0 amide bonds. The normalized spacial score (nSPS) is 12.5. The smallest absolute Gasteiger partial charge is 0.0681 e. The number of benzene rings is 1. The van der Waals surface area contributed by atoms with Gasteiger partial charge in [0.15, 0.2) is 0 Å². The fourth-order valence-electron chi connectivity index (χ4n) is 1.41. The molecule has 1 rings (SSSR count). The van der Waals surface area contributed by atoms with E-state index in [-0.39, 0.29) is 12.6 Å². The Kier molecular flexibility index (Phi) is 4.53. The van der Waals surface area contributed by atoms with Crippen LogP contribution in [0.3, 0.4) is 0 Å². The highest BCUT2D eigenvalue weighted by atomic mass is 16.3. The fraction of sp³-hybridized carbons (Fsp3) is 0.385. The molecule has 2 heteroatoms. The minimum atomic E-state index is 0.0983. The summed E-state index contributed by atoms with van der Waals surface area (Å²) in [6.07, 6.45) is 0. The molecule has 0 saturated heterocycles. The Morgan fingerprint density at radius 2 is 2.27 bits per heavy atom. The van der Waals surface area contributed by atoms with Crippen molar-refractivity contribution >= 4 is 0 Å². The second kappa shape index (κ2) is 5.69. The van der Waals surface area contributed by atoms with E-state index in [4.69, 9.17) is 5.11 Å². The zero-order valence-corrected chi connectivity index (χ0v) is 9.46. The molecule has 0 aliphatic rings. The SMILES string of the molecule is C=C(C)CN[C@@H](C)c1cccc(CO)c1. The van der Waals surface area contributed by atoms with Gasteiger partial charge in [0.05, 0.1) is 6.61 Å². The first-order chi connectivity index (χ1) is 7.13. The van der Waals surface area contributed by atoms with Crippen LogP contribution >= 0.6 is 0 Å². The zero-order chi connectivity index (χ0) is 11.3. The Balaban J connectivity index is 2.64. The van der Waals surface area contributed by atoms with Crippen molar-refractivity contribution in [3.05, 3.63) is 47.5 Å². The lowest BCUT2D eigenvalue weighted by atomic mass is 10.1. The van der Waals surface area contributed by atoms with Gasteiger partial charge in [-0.15, -0.1) is 0 Å². The van der Waals surface area contributed by atoms with Gasteiger partial charge in [0.1, 0.15) is 0 Å². The van der Waals surface area contributed by atoms with Gasteiger partial charge < -0.3 is 10.4 Å². The van der Waals surface area contributed by atoms with E-state index in [0.717, 1.165) is 17.7 Å². The van der Waals surface area contributed by atoms with Gasteiger partial charge in [0.2, 0.25) is 0 Å². The van der Waals surface area contributed by atoms with E-state index >= 15 is 0 Å². The molecule has 82 valence electrons. The number of aliphatic hydroxyl groups excluding tert-OH is 1. The van der Waals surface area contributed by atoms with E-state index in [2.05, 4.69) is 24.9 Å². The van der Waals surface area contributed by atoms with E-state index in [1.165, 1.54) is 5.56 Å². The highest BCUT2D eigenvalue weighted by molar-refractivity contribution is 5.25. The van der Waals surface area contributed by atoms with Crippen LogP contribution in [0.15, 0.2) is 36.4 Å². The van der Waals surface area contributed by atoms with Gasteiger partial charge in [-0.05, 0) is 25.0 Å². The Morgan fingerprint density at radius 3 is 2.87 bits per heavy atom. The van der Waals surface area contributed by atoms with Crippen LogP contribution in [0.5, 0.6) is 0 Å². The van der Waals surface area contributed by atoms with Crippen LogP contribution in [-0.4, -0.2) is 11.7 Å². The van der Waals surface area contributed by atoms with Crippen molar-refractivity contribution in [2.24, 2.45) is 0 Å². The topological polar surface area (TPSA) is 32.3 Å². The minimum Gasteiger partial charge on any atom is -0.392 e. The van der Waals surface area contributed by atoms with Crippen molar-refractivity contribution in [3.8, 4) is 0 Å². The number of nitrogens with one attached hydrogen (secondary N) is 1. The minimum absolute atomic E-state index is 0.0983. The molecular weight excluding hydrogens is 186 g/mol. The Morgan fingerprint density at radius 1 is 1.53 bits per heavy atom. The van der Waals surface area contributed by atoms with Crippen molar-refractivity contribution in [3.63, 3.8) is 0 Å². The van der Waals surface area contributed by atoms with Crippen molar-refractivity contribution in [2.75, 3.05) is 6.54 Å². The summed E-state index contributed by atoms with van der Waals surface area (Å²) in [5, 5.41) is 12.4. The molecular formula is C13H19NO. The van der Waals surface area contributed by atoms with Gasteiger partial charge in [-0.3, -0.25) is 0 Å². The van der Waals surface area contributed by atoms with Crippen molar-refractivity contribution in [2.45, 2.75) is 26.5 Å².